The maximum atomic E-state index is 4.35. The highest BCUT2D eigenvalue weighted by Crippen LogP contribution is 2.17. The fraction of sp³-hybridized carbons (Fsp3) is 0.400. The van der Waals surface area contributed by atoms with Gasteiger partial charge in [-0.2, -0.15) is 0 Å². The number of hydrogen-bond donors (Lipinski definition) is 1. The van der Waals surface area contributed by atoms with E-state index < -0.39 is 0 Å². The van der Waals surface area contributed by atoms with Crippen molar-refractivity contribution < 1.29 is 0 Å². The molecule has 0 amide bonds. The lowest BCUT2D eigenvalue weighted by atomic mass is 9.98. The first-order chi connectivity index (χ1) is 8.75. The monoisotopic (exact) mass is 260 g/mol. The Morgan fingerprint density at radius 3 is 2.72 bits per heavy atom. The third-order valence-corrected chi connectivity index (χ3v) is 3.98. The molecule has 0 fully saturated rings. The van der Waals surface area contributed by atoms with E-state index in [1.807, 2.05) is 6.20 Å². The molecule has 1 aromatic carbocycles. The maximum Gasteiger partial charge on any atom is 0.107 e. The van der Waals surface area contributed by atoms with Crippen LogP contribution in [0.15, 0.2) is 36.5 Å². The van der Waals surface area contributed by atoms with E-state index in [2.05, 4.69) is 54.5 Å². The fourth-order valence-corrected chi connectivity index (χ4v) is 2.70. The van der Waals surface area contributed by atoms with Crippen molar-refractivity contribution >= 4 is 11.3 Å². The minimum absolute atomic E-state index is 0.608. The normalized spacial score (nSPS) is 12.6. The molecule has 2 aromatic rings. The molecule has 0 aliphatic rings. The van der Waals surface area contributed by atoms with E-state index in [-0.39, 0.29) is 0 Å². The van der Waals surface area contributed by atoms with Crippen LogP contribution in [0.4, 0.5) is 0 Å². The van der Waals surface area contributed by atoms with Crippen LogP contribution < -0.4 is 5.32 Å². The van der Waals surface area contributed by atoms with Crippen molar-refractivity contribution in [3.63, 3.8) is 0 Å². The van der Waals surface area contributed by atoms with E-state index in [1.165, 1.54) is 15.4 Å². The van der Waals surface area contributed by atoms with E-state index in [9.17, 15) is 0 Å². The lowest BCUT2D eigenvalue weighted by Gasteiger charge is -2.11. The van der Waals surface area contributed by atoms with Crippen molar-refractivity contribution in [1.82, 2.24) is 10.3 Å². The zero-order valence-electron chi connectivity index (χ0n) is 11.0. The number of benzene rings is 1. The molecule has 18 heavy (non-hydrogen) atoms. The first kappa shape index (κ1) is 13.2. The van der Waals surface area contributed by atoms with Crippen molar-refractivity contribution in [3.05, 3.63) is 52.0 Å². The molecule has 2 rings (SSSR count). The summed E-state index contributed by atoms with van der Waals surface area (Å²) >= 11 is 1.77. The predicted octanol–water partition coefficient (Wildman–Crippen LogP) is 3.73. The summed E-state index contributed by atoms with van der Waals surface area (Å²) in [5.74, 6) is 0.608. The number of rotatable bonds is 6. The van der Waals surface area contributed by atoms with Gasteiger partial charge in [-0.3, -0.25) is 0 Å². The molecular weight excluding hydrogens is 240 g/mol. The summed E-state index contributed by atoms with van der Waals surface area (Å²) in [6, 6.07) is 10.7. The van der Waals surface area contributed by atoms with Gasteiger partial charge in [0, 0.05) is 17.6 Å². The Bertz CT molecular complexity index is 464. The number of nitrogens with zero attached hydrogens (tertiary/aromatic N) is 1. The number of aromatic nitrogens is 1. The van der Waals surface area contributed by atoms with Gasteiger partial charge in [0.15, 0.2) is 0 Å². The minimum Gasteiger partial charge on any atom is -0.310 e. The average molecular weight is 260 g/mol. The van der Waals surface area contributed by atoms with Crippen LogP contribution in [-0.4, -0.2) is 11.5 Å². The number of hydrogen-bond acceptors (Lipinski definition) is 3. The van der Waals surface area contributed by atoms with Crippen LogP contribution in [0.3, 0.4) is 0 Å². The van der Waals surface area contributed by atoms with Gasteiger partial charge in [0.1, 0.15) is 5.01 Å². The zero-order chi connectivity index (χ0) is 12.8. The maximum absolute atomic E-state index is 4.35. The van der Waals surface area contributed by atoms with Crippen molar-refractivity contribution in [2.45, 2.75) is 32.7 Å². The highest BCUT2D eigenvalue weighted by molar-refractivity contribution is 7.11. The topological polar surface area (TPSA) is 24.9 Å². The molecule has 0 aliphatic carbocycles. The molecular formula is C15H20N2S. The van der Waals surface area contributed by atoms with Crippen LogP contribution in [0.5, 0.6) is 0 Å². The molecule has 1 N–H and O–H groups in total. The Kier molecular flexibility index (Phi) is 4.90. The van der Waals surface area contributed by atoms with Gasteiger partial charge in [0.05, 0.1) is 0 Å². The van der Waals surface area contributed by atoms with E-state index in [1.54, 1.807) is 11.3 Å². The van der Waals surface area contributed by atoms with E-state index in [4.69, 9.17) is 0 Å². The molecule has 0 aliphatic heterocycles. The van der Waals surface area contributed by atoms with Gasteiger partial charge in [-0.1, -0.05) is 37.3 Å². The third-order valence-electron chi connectivity index (χ3n) is 3.07. The Hall–Kier alpha value is -1.19. The second kappa shape index (κ2) is 6.66. The summed E-state index contributed by atoms with van der Waals surface area (Å²) in [6.07, 6.45) is 3.10. The second-order valence-corrected chi connectivity index (χ2v) is 5.96. The second-order valence-electron chi connectivity index (χ2n) is 4.64. The minimum atomic E-state index is 0.608. The van der Waals surface area contributed by atoms with Gasteiger partial charge >= 0.3 is 0 Å². The van der Waals surface area contributed by atoms with Crippen molar-refractivity contribution in [2.75, 3.05) is 6.54 Å². The fourth-order valence-electron chi connectivity index (χ4n) is 1.95. The zero-order valence-corrected chi connectivity index (χ0v) is 11.8. The molecule has 1 unspecified atom stereocenters. The number of nitrogens with one attached hydrogen (secondary N) is 1. The smallest absolute Gasteiger partial charge is 0.107 e. The average Bonchev–Trinajstić information content (AvgIpc) is 2.81. The number of aryl methyl sites for hydroxylation is 1. The molecule has 0 saturated heterocycles. The lowest BCUT2D eigenvalue weighted by molar-refractivity contribution is 0.593. The molecule has 0 radical (unpaired) electrons. The molecule has 0 saturated carbocycles. The van der Waals surface area contributed by atoms with Crippen LogP contribution in [0.2, 0.25) is 0 Å². The molecule has 1 atom stereocenters. The summed E-state index contributed by atoms with van der Waals surface area (Å²) in [4.78, 5) is 5.63. The first-order valence-electron chi connectivity index (χ1n) is 6.42. The quantitative estimate of drug-likeness (QED) is 0.800. The SMILES string of the molecule is Cc1cnc(CNCCC(C)c2ccccc2)s1. The van der Waals surface area contributed by atoms with Crippen LogP contribution in [0, 0.1) is 6.92 Å². The van der Waals surface area contributed by atoms with Gasteiger partial charge in [0.25, 0.3) is 0 Å². The van der Waals surface area contributed by atoms with Crippen molar-refractivity contribution in [3.8, 4) is 0 Å². The van der Waals surface area contributed by atoms with E-state index in [0.717, 1.165) is 19.5 Å². The third kappa shape index (κ3) is 3.93. The summed E-state index contributed by atoms with van der Waals surface area (Å²) in [5.41, 5.74) is 1.42. The largest absolute Gasteiger partial charge is 0.310 e. The highest BCUT2D eigenvalue weighted by Gasteiger charge is 2.04. The molecule has 1 aromatic heterocycles. The molecule has 96 valence electrons. The van der Waals surface area contributed by atoms with Crippen LogP contribution >= 0.6 is 11.3 Å². The lowest BCUT2D eigenvalue weighted by Crippen LogP contribution is -2.16. The summed E-state index contributed by atoms with van der Waals surface area (Å²) in [6.45, 7) is 6.30. The molecule has 0 spiro atoms. The molecule has 0 bridgehead atoms. The van der Waals surface area contributed by atoms with Crippen molar-refractivity contribution in [2.24, 2.45) is 0 Å². The highest BCUT2D eigenvalue weighted by atomic mass is 32.1. The summed E-state index contributed by atoms with van der Waals surface area (Å²) < 4.78 is 0. The molecule has 1 heterocycles. The summed E-state index contributed by atoms with van der Waals surface area (Å²) in [7, 11) is 0. The Morgan fingerprint density at radius 1 is 1.28 bits per heavy atom. The van der Waals surface area contributed by atoms with Crippen LogP contribution in [0.1, 0.15) is 34.7 Å². The van der Waals surface area contributed by atoms with E-state index >= 15 is 0 Å². The van der Waals surface area contributed by atoms with E-state index in [0.29, 0.717) is 5.92 Å². The predicted molar refractivity (Wildman–Crippen MR) is 78.0 cm³/mol. The first-order valence-corrected chi connectivity index (χ1v) is 7.24. The Labute approximate surface area is 113 Å². The van der Waals surface area contributed by atoms with Gasteiger partial charge < -0.3 is 5.32 Å². The van der Waals surface area contributed by atoms with Gasteiger partial charge in [-0.25, -0.2) is 4.98 Å². The Morgan fingerprint density at radius 2 is 2.06 bits per heavy atom. The summed E-state index contributed by atoms with van der Waals surface area (Å²) in [5, 5.41) is 4.64. The van der Waals surface area contributed by atoms with Crippen molar-refractivity contribution in [1.29, 1.82) is 0 Å². The van der Waals surface area contributed by atoms with Gasteiger partial charge in [0.2, 0.25) is 0 Å². The number of thiazole rings is 1. The standard InChI is InChI=1S/C15H20N2S/c1-12(14-6-4-3-5-7-14)8-9-16-11-15-17-10-13(2)18-15/h3-7,10,12,16H,8-9,11H2,1-2H3. The van der Waals surface area contributed by atoms with Gasteiger partial charge in [-0.05, 0) is 31.4 Å². The molecule has 2 nitrogen and oxygen atoms in total. The molecule has 3 heteroatoms. The van der Waals surface area contributed by atoms with Gasteiger partial charge in [-0.15, -0.1) is 11.3 Å². The van der Waals surface area contributed by atoms with Crippen LogP contribution in [0.25, 0.3) is 0 Å². The van der Waals surface area contributed by atoms with Crippen LogP contribution in [-0.2, 0) is 6.54 Å². The Balaban J connectivity index is 1.69.